The van der Waals surface area contributed by atoms with Gasteiger partial charge in [0, 0.05) is 44.6 Å². The molecule has 0 aliphatic carbocycles. The molecule has 152 valence electrons. The second kappa shape index (κ2) is 8.34. The number of pyridine rings is 1. The highest BCUT2D eigenvalue weighted by Crippen LogP contribution is 2.22. The Balaban J connectivity index is 1.42. The smallest absolute Gasteiger partial charge is 0.244 e. The summed E-state index contributed by atoms with van der Waals surface area (Å²) >= 11 is 0. The zero-order valence-electron chi connectivity index (χ0n) is 16.5. The van der Waals surface area contributed by atoms with Crippen LogP contribution in [0.15, 0.2) is 59.9 Å². The summed E-state index contributed by atoms with van der Waals surface area (Å²) in [4.78, 5) is 4.56. The van der Waals surface area contributed by atoms with Crippen molar-refractivity contribution in [3.8, 4) is 11.1 Å². The molecular formula is C21H25N5O2S. The highest BCUT2D eigenvalue weighted by molar-refractivity contribution is 7.89. The summed E-state index contributed by atoms with van der Waals surface area (Å²) in [5.74, 6) is 0.648. The number of hydrogen-bond acceptors (Lipinski definition) is 5. The summed E-state index contributed by atoms with van der Waals surface area (Å²) in [5.41, 5.74) is 3.28. The van der Waals surface area contributed by atoms with E-state index in [0.29, 0.717) is 25.5 Å². The molecule has 29 heavy (non-hydrogen) atoms. The number of nitrogens with one attached hydrogen (secondary N) is 1. The number of nitrogens with zero attached hydrogens (tertiary/aromatic N) is 4. The molecule has 1 fully saturated rings. The molecule has 2 aromatic heterocycles. The van der Waals surface area contributed by atoms with Crippen molar-refractivity contribution in [2.75, 3.05) is 18.4 Å². The van der Waals surface area contributed by atoms with Gasteiger partial charge < -0.3 is 5.32 Å². The van der Waals surface area contributed by atoms with E-state index in [-0.39, 0.29) is 4.90 Å². The van der Waals surface area contributed by atoms with E-state index in [4.69, 9.17) is 0 Å². The maximum absolute atomic E-state index is 12.7. The minimum atomic E-state index is -3.45. The lowest BCUT2D eigenvalue weighted by Crippen LogP contribution is -2.35. The maximum Gasteiger partial charge on any atom is 0.244 e. The molecule has 0 amide bonds. The first-order chi connectivity index (χ1) is 14.0. The van der Waals surface area contributed by atoms with Crippen molar-refractivity contribution >= 4 is 15.8 Å². The van der Waals surface area contributed by atoms with Gasteiger partial charge in [0.15, 0.2) is 0 Å². The number of hydrogen-bond donors (Lipinski definition) is 1. The first-order valence-corrected chi connectivity index (χ1v) is 11.2. The van der Waals surface area contributed by atoms with Crippen molar-refractivity contribution in [1.82, 2.24) is 19.1 Å². The lowest BCUT2D eigenvalue weighted by atomic mass is 10.1. The number of piperidine rings is 1. The van der Waals surface area contributed by atoms with E-state index in [1.54, 1.807) is 21.1 Å². The molecule has 0 unspecified atom stereocenters. The minimum Gasteiger partial charge on any atom is -0.366 e. The van der Waals surface area contributed by atoms with Gasteiger partial charge in [0.2, 0.25) is 10.0 Å². The highest BCUT2D eigenvalue weighted by Gasteiger charge is 2.26. The van der Waals surface area contributed by atoms with Crippen LogP contribution in [0.2, 0.25) is 0 Å². The second-order valence-electron chi connectivity index (χ2n) is 7.30. The Kier molecular flexibility index (Phi) is 5.64. The zero-order valence-corrected chi connectivity index (χ0v) is 17.3. The van der Waals surface area contributed by atoms with Crippen LogP contribution in [0.5, 0.6) is 0 Å². The normalized spacial score (nSPS) is 15.3. The zero-order chi connectivity index (χ0) is 20.3. The molecule has 1 aromatic carbocycles. The van der Waals surface area contributed by atoms with Crippen molar-refractivity contribution in [3.05, 3.63) is 60.6 Å². The van der Waals surface area contributed by atoms with Crippen LogP contribution in [0.3, 0.4) is 0 Å². The van der Waals surface area contributed by atoms with Gasteiger partial charge in [-0.05, 0) is 42.2 Å². The van der Waals surface area contributed by atoms with Crippen molar-refractivity contribution in [2.45, 2.75) is 30.7 Å². The molecule has 3 aromatic rings. The summed E-state index contributed by atoms with van der Waals surface area (Å²) in [6.45, 7) is 1.78. The van der Waals surface area contributed by atoms with E-state index in [1.165, 1.54) is 6.20 Å². The van der Waals surface area contributed by atoms with Crippen LogP contribution in [0, 0.1) is 0 Å². The van der Waals surface area contributed by atoms with E-state index in [9.17, 15) is 8.42 Å². The van der Waals surface area contributed by atoms with Gasteiger partial charge in [0.25, 0.3) is 0 Å². The average molecular weight is 412 g/mol. The van der Waals surface area contributed by atoms with Gasteiger partial charge in [-0.1, -0.05) is 24.6 Å². The minimum absolute atomic E-state index is 0.253. The first-order valence-electron chi connectivity index (χ1n) is 9.80. The third-order valence-electron chi connectivity index (χ3n) is 5.13. The topological polar surface area (TPSA) is 80.1 Å². The largest absolute Gasteiger partial charge is 0.366 e. The molecule has 4 rings (SSSR count). The molecule has 1 aliphatic heterocycles. The summed E-state index contributed by atoms with van der Waals surface area (Å²) in [5, 5.41) is 7.48. The fourth-order valence-corrected chi connectivity index (χ4v) is 4.98. The van der Waals surface area contributed by atoms with Gasteiger partial charge >= 0.3 is 0 Å². The van der Waals surface area contributed by atoms with E-state index in [2.05, 4.69) is 27.5 Å². The van der Waals surface area contributed by atoms with Crippen molar-refractivity contribution in [1.29, 1.82) is 0 Å². The van der Waals surface area contributed by atoms with Crippen molar-refractivity contribution < 1.29 is 8.42 Å². The summed E-state index contributed by atoms with van der Waals surface area (Å²) in [6.07, 6.45) is 8.20. The molecule has 0 spiro atoms. The van der Waals surface area contributed by atoms with Gasteiger partial charge in [0.1, 0.15) is 10.7 Å². The highest BCUT2D eigenvalue weighted by atomic mass is 32.2. The van der Waals surface area contributed by atoms with Crippen LogP contribution < -0.4 is 5.32 Å². The molecule has 1 aliphatic rings. The lowest BCUT2D eigenvalue weighted by Gasteiger charge is -2.25. The van der Waals surface area contributed by atoms with Crippen molar-refractivity contribution in [3.63, 3.8) is 0 Å². The summed E-state index contributed by atoms with van der Waals surface area (Å²) in [6, 6.07) is 11.6. The average Bonchev–Trinajstić information content (AvgIpc) is 3.20. The number of aromatic nitrogens is 3. The lowest BCUT2D eigenvalue weighted by molar-refractivity contribution is 0.346. The molecule has 0 atom stereocenters. The quantitative estimate of drug-likeness (QED) is 0.673. The van der Waals surface area contributed by atoms with Crippen LogP contribution in [-0.2, 0) is 23.6 Å². The SMILES string of the molecule is Cn1cc(-c2cccc(CNc3ccc(S(=O)(=O)N4CCCCC4)cn3)c2)cn1. The number of aryl methyl sites for hydroxylation is 1. The molecule has 0 bridgehead atoms. The fraction of sp³-hybridized carbons (Fsp3) is 0.333. The Labute approximate surface area is 171 Å². The predicted molar refractivity (Wildman–Crippen MR) is 113 cm³/mol. The summed E-state index contributed by atoms with van der Waals surface area (Å²) < 4.78 is 28.8. The molecule has 1 saturated heterocycles. The van der Waals surface area contributed by atoms with E-state index in [1.807, 2.05) is 31.6 Å². The van der Waals surface area contributed by atoms with Gasteiger partial charge in [-0.3, -0.25) is 4.68 Å². The van der Waals surface area contributed by atoms with Crippen LogP contribution >= 0.6 is 0 Å². The number of anilines is 1. The fourth-order valence-electron chi connectivity index (χ4n) is 3.52. The monoisotopic (exact) mass is 411 g/mol. The number of rotatable bonds is 6. The number of benzene rings is 1. The molecule has 3 heterocycles. The van der Waals surface area contributed by atoms with Gasteiger partial charge in [0.05, 0.1) is 6.20 Å². The van der Waals surface area contributed by atoms with Gasteiger partial charge in [-0.25, -0.2) is 13.4 Å². The van der Waals surface area contributed by atoms with Crippen molar-refractivity contribution in [2.24, 2.45) is 7.05 Å². The number of sulfonamides is 1. The predicted octanol–water partition coefficient (Wildman–Crippen LogP) is 3.27. The van der Waals surface area contributed by atoms with Gasteiger partial charge in [-0.15, -0.1) is 0 Å². The van der Waals surface area contributed by atoms with Crippen LogP contribution in [0.1, 0.15) is 24.8 Å². The Bertz CT molecular complexity index is 1070. The Morgan fingerprint density at radius 3 is 2.55 bits per heavy atom. The van der Waals surface area contributed by atoms with Crippen LogP contribution in [-0.4, -0.2) is 40.6 Å². The summed E-state index contributed by atoms with van der Waals surface area (Å²) in [7, 11) is -1.55. The molecule has 0 saturated carbocycles. The molecule has 8 heteroatoms. The van der Waals surface area contributed by atoms with E-state index in [0.717, 1.165) is 36.0 Å². The van der Waals surface area contributed by atoms with Gasteiger partial charge in [-0.2, -0.15) is 9.40 Å². The van der Waals surface area contributed by atoms with Crippen LogP contribution in [0.25, 0.3) is 11.1 Å². The molecule has 7 nitrogen and oxygen atoms in total. The third-order valence-corrected chi connectivity index (χ3v) is 7.01. The Morgan fingerprint density at radius 2 is 1.86 bits per heavy atom. The molecule has 1 N–H and O–H groups in total. The second-order valence-corrected chi connectivity index (χ2v) is 9.24. The van der Waals surface area contributed by atoms with E-state index < -0.39 is 10.0 Å². The molecule has 0 radical (unpaired) electrons. The van der Waals surface area contributed by atoms with E-state index >= 15 is 0 Å². The third kappa shape index (κ3) is 4.49. The molecular weight excluding hydrogens is 386 g/mol. The Hall–Kier alpha value is -2.71. The van der Waals surface area contributed by atoms with Crippen LogP contribution in [0.4, 0.5) is 5.82 Å². The Morgan fingerprint density at radius 1 is 1.03 bits per heavy atom. The standard InChI is InChI=1S/C21H25N5O2S/c1-25-16-19(14-24-25)18-7-5-6-17(12-18)13-22-21-9-8-20(15-23-21)29(27,28)26-10-3-2-4-11-26/h5-9,12,14-16H,2-4,10-11,13H2,1H3,(H,22,23). The maximum atomic E-state index is 12.7. The first kappa shape index (κ1) is 19.6.